The normalized spacial score (nSPS) is 12.8. The Morgan fingerprint density at radius 3 is 2.90 bits per heavy atom. The molecule has 5 heteroatoms. The SMILES string of the molecule is CCNCCCNc1nccc2cc3c(cc12)OCO3. The molecular formula is C15H19N3O2. The van der Waals surface area contributed by atoms with E-state index in [0.29, 0.717) is 6.79 Å². The van der Waals surface area contributed by atoms with E-state index in [9.17, 15) is 0 Å². The van der Waals surface area contributed by atoms with Gasteiger partial charge in [-0.05, 0) is 43.1 Å². The number of nitrogens with zero attached hydrogens (tertiary/aromatic N) is 1. The Hall–Kier alpha value is -2.01. The molecule has 2 aromatic rings. The third kappa shape index (κ3) is 2.63. The summed E-state index contributed by atoms with van der Waals surface area (Å²) in [4.78, 5) is 4.42. The smallest absolute Gasteiger partial charge is 0.231 e. The Morgan fingerprint density at radius 1 is 1.20 bits per heavy atom. The number of pyridine rings is 1. The number of hydrogen-bond donors (Lipinski definition) is 2. The molecule has 0 saturated heterocycles. The summed E-state index contributed by atoms with van der Waals surface area (Å²) in [6.45, 7) is 5.33. The Balaban J connectivity index is 1.77. The number of aromatic nitrogens is 1. The third-order valence-electron chi connectivity index (χ3n) is 3.33. The minimum Gasteiger partial charge on any atom is -0.454 e. The van der Waals surface area contributed by atoms with Crippen LogP contribution in [0.1, 0.15) is 13.3 Å². The van der Waals surface area contributed by atoms with E-state index in [0.717, 1.165) is 54.1 Å². The molecule has 0 aliphatic carbocycles. The van der Waals surface area contributed by atoms with Crippen molar-refractivity contribution >= 4 is 16.6 Å². The van der Waals surface area contributed by atoms with Gasteiger partial charge in [0.15, 0.2) is 11.5 Å². The lowest BCUT2D eigenvalue weighted by atomic mass is 10.1. The number of benzene rings is 1. The first kappa shape index (κ1) is 13.0. The minimum atomic E-state index is 0.296. The van der Waals surface area contributed by atoms with Crippen molar-refractivity contribution in [3.05, 3.63) is 24.4 Å². The Kier molecular flexibility index (Phi) is 3.87. The highest BCUT2D eigenvalue weighted by atomic mass is 16.7. The highest BCUT2D eigenvalue weighted by Crippen LogP contribution is 2.37. The fraction of sp³-hybridized carbons (Fsp3) is 0.400. The molecule has 1 aromatic heterocycles. The van der Waals surface area contributed by atoms with Crippen LogP contribution in [-0.4, -0.2) is 31.4 Å². The van der Waals surface area contributed by atoms with Crippen molar-refractivity contribution in [2.24, 2.45) is 0 Å². The number of hydrogen-bond acceptors (Lipinski definition) is 5. The van der Waals surface area contributed by atoms with Gasteiger partial charge in [0.05, 0.1) is 0 Å². The van der Waals surface area contributed by atoms with Crippen LogP contribution < -0.4 is 20.1 Å². The van der Waals surface area contributed by atoms with Crippen molar-refractivity contribution in [3.8, 4) is 11.5 Å². The predicted molar refractivity (Wildman–Crippen MR) is 79.5 cm³/mol. The molecule has 0 radical (unpaired) electrons. The van der Waals surface area contributed by atoms with Gasteiger partial charge in [0.1, 0.15) is 5.82 Å². The summed E-state index contributed by atoms with van der Waals surface area (Å²) in [7, 11) is 0. The van der Waals surface area contributed by atoms with E-state index in [-0.39, 0.29) is 0 Å². The molecule has 2 heterocycles. The first-order valence-corrected chi connectivity index (χ1v) is 7.01. The van der Waals surface area contributed by atoms with Crippen molar-refractivity contribution in [2.75, 3.05) is 31.7 Å². The van der Waals surface area contributed by atoms with Crippen LogP contribution in [0.15, 0.2) is 24.4 Å². The van der Waals surface area contributed by atoms with Crippen molar-refractivity contribution in [1.29, 1.82) is 0 Å². The average molecular weight is 273 g/mol. The van der Waals surface area contributed by atoms with Crippen LogP contribution in [0.25, 0.3) is 10.8 Å². The largest absolute Gasteiger partial charge is 0.454 e. The van der Waals surface area contributed by atoms with Crippen LogP contribution in [-0.2, 0) is 0 Å². The third-order valence-corrected chi connectivity index (χ3v) is 3.33. The van der Waals surface area contributed by atoms with Crippen LogP contribution in [0.2, 0.25) is 0 Å². The zero-order valence-corrected chi connectivity index (χ0v) is 11.6. The number of fused-ring (bicyclic) bond motifs is 2. The summed E-state index contributed by atoms with van der Waals surface area (Å²) in [6.07, 6.45) is 2.88. The fourth-order valence-electron chi connectivity index (χ4n) is 2.30. The molecule has 1 aromatic carbocycles. The molecule has 0 spiro atoms. The lowest BCUT2D eigenvalue weighted by molar-refractivity contribution is 0.174. The predicted octanol–water partition coefficient (Wildman–Crippen LogP) is 2.38. The Bertz CT molecular complexity index is 601. The van der Waals surface area contributed by atoms with Crippen molar-refractivity contribution in [2.45, 2.75) is 13.3 Å². The van der Waals surface area contributed by atoms with E-state index in [1.54, 1.807) is 0 Å². The quantitative estimate of drug-likeness (QED) is 0.791. The van der Waals surface area contributed by atoms with Gasteiger partial charge in [-0.25, -0.2) is 4.98 Å². The summed E-state index contributed by atoms with van der Waals surface area (Å²) in [5.74, 6) is 2.50. The summed E-state index contributed by atoms with van der Waals surface area (Å²) in [6, 6.07) is 5.99. The number of anilines is 1. The molecule has 3 rings (SSSR count). The van der Waals surface area contributed by atoms with Gasteiger partial charge in [-0.3, -0.25) is 0 Å². The van der Waals surface area contributed by atoms with Crippen LogP contribution in [0.4, 0.5) is 5.82 Å². The van der Waals surface area contributed by atoms with Gasteiger partial charge in [-0.1, -0.05) is 6.92 Å². The molecule has 5 nitrogen and oxygen atoms in total. The van der Waals surface area contributed by atoms with Crippen LogP contribution in [0, 0.1) is 0 Å². The first-order valence-electron chi connectivity index (χ1n) is 7.01. The van der Waals surface area contributed by atoms with Gasteiger partial charge >= 0.3 is 0 Å². The van der Waals surface area contributed by atoms with E-state index in [4.69, 9.17) is 9.47 Å². The van der Waals surface area contributed by atoms with Gasteiger partial charge in [0.2, 0.25) is 6.79 Å². The zero-order valence-electron chi connectivity index (χ0n) is 11.6. The number of ether oxygens (including phenoxy) is 2. The maximum atomic E-state index is 5.43. The van der Waals surface area contributed by atoms with E-state index in [1.807, 2.05) is 24.4 Å². The summed E-state index contributed by atoms with van der Waals surface area (Å²) < 4.78 is 10.8. The second kappa shape index (κ2) is 5.96. The zero-order chi connectivity index (χ0) is 13.8. The lowest BCUT2D eigenvalue weighted by Gasteiger charge is -2.09. The molecular weight excluding hydrogens is 254 g/mol. The van der Waals surface area contributed by atoms with E-state index in [2.05, 4.69) is 22.5 Å². The van der Waals surface area contributed by atoms with Gasteiger partial charge in [0.25, 0.3) is 0 Å². The van der Waals surface area contributed by atoms with E-state index < -0.39 is 0 Å². The van der Waals surface area contributed by atoms with Gasteiger partial charge in [0, 0.05) is 18.1 Å². The van der Waals surface area contributed by atoms with Crippen LogP contribution in [0.5, 0.6) is 11.5 Å². The molecule has 0 saturated carbocycles. The standard InChI is InChI=1S/C15H19N3O2/c1-2-16-5-3-6-17-15-12-9-14-13(19-10-20-14)8-11(12)4-7-18-15/h4,7-9,16H,2-3,5-6,10H2,1H3,(H,17,18). The maximum Gasteiger partial charge on any atom is 0.231 e. The van der Waals surface area contributed by atoms with E-state index in [1.165, 1.54) is 0 Å². The highest BCUT2D eigenvalue weighted by Gasteiger charge is 2.15. The van der Waals surface area contributed by atoms with E-state index >= 15 is 0 Å². The molecule has 106 valence electrons. The molecule has 0 unspecified atom stereocenters. The average Bonchev–Trinajstić information content (AvgIpc) is 2.92. The van der Waals surface area contributed by atoms with Crippen molar-refractivity contribution < 1.29 is 9.47 Å². The van der Waals surface area contributed by atoms with Crippen LogP contribution >= 0.6 is 0 Å². The molecule has 20 heavy (non-hydrogen) atoms. The molecule has 1 aliphatic heterocycles. The number of nitrogens with one attached hydrogen (secondary N) is 2. The summed E-state index contributed by atoms with van der Waals surface area (Å²) in [5.41, 5.74) is 0. The summed E-state index contributed by atoms with van der Waals surface area (Å²) in [5, 5.41) is 8.88. The Labute approximate surface area is 118 Å². The Morgan fingerprint density at radius 2 is 2.05 bits per heavy atom. The molecule has 0 fully saturated rings. The van der Waals surface area contributed by atoms with Crippen molar-refractivity contribution in [3.63, 3.8) is 0 Å². The molecule has 0 bridgehead atoms. The maximum absolute atomic E-state index is 5.43. The topological polar surface area (TPSA) is 55.4 Å². The monoisotopic (exact) mass is 273 g/mol. The molecule has 2 N–H and O–H groups in total. The van der Waals surface area contributed by atoms with Crippen LogP contribution in [0.3, 0.4) is 0 Å². The van der Waals surface area contributed by atoms with Gasteiger partial charge in [-0.2, -0.15) is 0 Å². The van der Waals surface area contributed by atoms with Gasteiger partial charge in [-0.15, -0.1) is 0 Å². The molecule has 0 amide bonds. The second-order valence-electron chi connectivity index (χ2n) is 4.72. The number of rotatable bonds is 6. The first-order chi connectivity index (χ1) is 9.88. The summed E-state index contributed by atoms with van der Waals surface area (Å²) >= 11 is 0. The van der Waals surface area contributed by atoms with Gasteiger partial charge < -0.3 is 20.1 Å². The molecule has 0 atom stereocenters. The minimum absolute atomic E-state index is 0.296. The lowest BCUT2D eigenvalue weighted by Crippen LogP contribution is -2.17. The van der Waals surface area contributed by atoms with Crippen molar-refractivity contribution in [1.82, 2.24) is 10.3 Å². The molecule has 1 aliphatic rings. The highest BCUT2D eigenvalue weighted by molar-refractivity contribution is 5.94. The fourth-order valence-corrected chi connectivity index (χ4v) is 2.30. The second-order valence-corrected chi connectivity index (χ2v) is 4.72.